The van der Waals surface area contributed by atoms with Crippen molar-refractivity contribution in [3.63, 3.8) is 0 Å². The summed E-state index contributed by atoms with van der Waals surface area (Å²) in [5.74, 6) is -2.44. The summed E-state index contributed by atoms with van der Waals surface area (Å²) in [6, 6.07) is 4.06. The van der Waals surface area contributed by atoms with Gasteiger partial charge in [-0.3, -0.25) is 9.59 Å². The Morgan fingerprint density at radius 2 is 1.94 bits per heavy atom. The molecule has 1 N–H and O–H groups in total. The van der Waals surface area contributed by atoms with Crippen molar-refractivity contribution >= 4 is 23.3 Å². The SMILES string of the molecule is COC(=O)c1ccc2c(c1)C(=O)C(=O)C=C2O. The largest absolute Gasteiger partial charge is 0.507 e. The predicted octanol–water partition coefficient (Wildman–Crippen LogP) is 1.14. The van der Waals surface area contributed by atoms with E-state index in [-0.39, 0.29) is 22.4 Å². The smallest absolute Gasteiger partial charge is 0.337 e. The summed E-state index contributed by atoms with van der Waals surface area (Å²) in [6.45, 7) is 0. The van der Waals surface area contributed by atoms with E-state index >= 15 is 0 Å². The minimum absolute atomic E-state index is 0.0119. The van der Waals surface area contributed by atoms with Crippen molar-refractivity contribution in [2.45, 2.75) is 0 Å². The third-order valence-electron chi connectivity index (χ3n) is 2.45. The molecule has 86 valence electrons. The highest BCUT2D eigenvalue weighted by atomic mass is 16.5. The van der Waals surface area contributed by atoms with E-state index in [4.69, 9.17) is 0 Å². The molecule has 0 spiro atoms. The first-order chi connectivity index (χ1) is 8.04. The van der Waals surface area contributed by atoms with Gasteiger partial charge in [0.05, 0.1) is 12.7 Å². The number of ketones is 2. The molecule has 5 heteroatoms. The lowest BCUT2D eigenvalue weighted by Gasteiger charge is -2.12. The highest BCUT2D eigenvalue weighted by Crippen LogP contribution is 2.24. The second kappa shape index (κ2) is 3.86. The van der Waals surface area contributed by atoms with Gasteiger partial charge in [-0.05, 0) is 18.2 Å². The minimum Gasteiger partial charge on any atom is -0.507 e. The maximum absolute atomic E-state index is 11.6. The van der Waals surface area contributed by atoms with E-state index < -0.39 is 17.5 Å². The van der Waals surface area contributed by atoms with Gasteiger partial charge in [-0.2, -0.15) is 0 Å². The van der Waals surface area contributed by atoms with E-state index in [0.29, 0.717) is 0 Å². The van der Waals surface area contributed by atoms with E-state index in [1.165, 1.54) is 25.3 Å². The van der Waals surface area contributed by atoms with Crippen LogP contribution in [0.15, 0.2) is 24.3 Å². The highest BCUT2D eigenvalue weighted by Gasteiger charge is 2.26. The van der Waals surface area contributed by atoms with Crippen LogP contribution in [0.25, 0.3) is 5.76 Å². The molecule has 0 unspecified atom stereocenters. The monoisotopic (exact) mass is 232 g/mol. The zero-order valence-corrected chi connectivity index (χ0v) is 8.89. The number of hydrogen-bond acceptors (Lipinski definition) is 5. The lowest BCUT2D eigenvalue weighted by molar-refractivity contribution is -0.111. The molecular weight excluding hydrogens is 224 g/mol. The van der Waals surface area contributed by atoms with Crippen LogP contribution in [0.3, 0.4) is 0 Å². The third kappa shape index (κ3) is 1.71. The number of allylic oxidation sites excluding steroid dienone is 1. The first kappa shape index (κ1) is 11.1. The quantitative estimate of drug-likeness (QED) is 0.580. The van der Waals surface area contributed by atoms with Gasteiger partial charge < -0.3 is 9.84 Å². The van der Waals surface area contributed by atoms with Gasteiger partial charge in [0.1, 0.15) is 5.76 Å². The molecule has 0 fully saturated rings. The van der Waals surface area contributed by atoms with Gasteiger partial charge in [-0.1, -0.05) is 0 Å². The van der Waals surface area contributed by atoms with Crippen LogP contribution in [0.2, 0.25) is 0 Å². The second-order valence-electron chi connectivity index (χ2n) is 3.47. The van der Waals surface area contributed by atoms with Crippen LogP contribution in [0, 0.1) is 0 Å². The Balaban J connectivity index is 2.60. The molecule has 1 aliphatic rings. The molecule has 0 radical (unpaired) electrons. The van der Waals surface area contributed by atoms with Crippen molar-refractivity contribution in [3.8, 4) is 0 Å². The van der Waals surface area contributed by atoms with Crippen LogP contribution < -0.4 is 0 Å². The third-order valence-corrected chi connectivity index (χ3v) is 2.45. The lowest BCUT2D eigenvalue weighted by Crippen LogP contribution is -2.19. The molecule has 0 saturated heterocycles. The van der Waals surface area contributed by atoms with Gasteiger partial charge in [-0.25, -0.2) is 4.79 Å². The van der Waals surface area contributed by atoms with E-state index in [1.54, 1.807) is 0 Å². The van der Waals surface area contributed by atoms with Gasteiger partial charge >= 0.3 is 5.97 Å². The summed E-state index contributed by atoms with van der Waals surface area (Å²) in [5.41, 5.74) is 0.405. The molecule has 0 atom stereocenters. The highest BCUT2D eigenvalue weighted by molar-refractivity contribution is 6.50. The van der Waals surface area contributed by atoms with Crippen LogP contribution in [0.1, 0.15) is 26.3 Å². The van der Waals surface area contributed by atoms with Crippen LogP contribution in [-0.4, -0.2) is 29.8 Å². The van der Waals surface area contributed by atoms with E-state index in [1.807, 2.05) is 0 Å². The molecule has 1 aromatic carbocycles. The zero-order chi connectivity index (χ0) is 12.6. The zero-order valence-electron chi connectivity index (χ0n) is 8.89. The number of hydrogen-bond donors (Lipinski definition) is 1. The van der Waals surface area contributed by atoms with Crippen molar-refractivity contribution < 1.29 is 24.2 Å². The molecule has 0 amide bonds. The van der Waals surface area contributed by atoms with E-state index in [2.05, 4.69) is 4.74 Å². The van der Waals surface area contributed by atoms with Gasteiger partial charge in [0.15, 0.2) is 0 Å². The Bertz CT molecular complexity index is 568. The number of fused-ring (bicyclic) bond motifs is 1. The summed E-state index contributed by atoms with van der Waals surface area (Å²) in [6.07, 6.45) is 0.864. The molecule has 0 heterocycles. The number of esters is 1. The van der Waals surface area contributed by atoms with Crippen LogP contribution in [0.5, 0.6) is 0 Å². The predicted molar refractivity (Wildman–Crippen MR) is 57.7 cm³/mol. The average molecular weight is 232 g/mol. The summed E-state index contributed by atoms with van der Waals surface area (Å²) in [4.78, 5) is 34.1. The average Bonchev–Trinajstić information content (AvgIpc) is 2.34. The fourth-order valence-electron chi connectivity index (χ4n) is 1.60. The first-order valence-corrected chi connectivity index (χ1v) is 4.76. The normalized spacial score (nSPS) is 14.1. The van der Waals surface area contributed by atoms with Crippen molar-refractivity contribution in [1.82, 2.24) is 0 Å². The summed E-state index contributed by atoms with van der Waals surface area (Å²) in [7, 11) is 1.21. The van der Waals surface area contributed by atoms with Crippen molar-refractivity contribution in [3.05, 3.63) is 41.0 Å². The molecule has 0 aliphatic heterocycles. The molecule has 0 saturated carbocycles. The maximum atomic E-state index is 11.6. The van der Waals surface area contributed by atoms with Gasteiger partial charge in [0, 0.05) is 17.2 Å². The van der Waals surface area contributed by atoms with Crippen LogP contribution >= 0.6 is 0 Å². The Labute approximate surface area is 96.3 Å². The summed E-state index contributed by atoms with van der Waals surface area (Å²) >= 11 is 0. The topological polar surface area (TPSA) is 80.7 Å². The van der Waals surface area contributed by atoms with Gasteiger partial charge in [-0.15, -0.1) is 0 Å². The first-order valence-electron chi connectivity index (χ1n) is 4.76. The summed E-state index contributed by atoms with van der Waals surface area (Å²) in [5, 5.41) is 9.51. The Kier molecular flexibility index (Phi) is 2.51. The number of Topliss-reactive ketones (excluding diaryl/α,β-unsaturated/α-hetero) is 1. The second-order valence-corrected chi connectivity index (χ2v) is 3.47. The van der Waals surface area contributed by atoms with Crippen molar-refractivity contribution in [2.75, 3.05) is 7.11 Å². The summed E-state index contributed by atoms with van der Waals surface area (Å²) < 4.78 is 4.50. The van der Waals surface area contributed by atoms with Crippen molar-refractivity contribution in [2.24, 2.45) is 0 Å². The van der Waals surface area contributed by atoms with Gasteiger partial charge in [0.2, 0.25) is 11.6 Å². The Hall–Kier alpha value is -2.43. The molecule has 0 bridgehead atoms. The maximum Gasteiger partial charge on any atom is 0.337 e. The number of aliphatic hydroxyl groups is 1. The van der Waals surface area contributed by atoms with Crippen molar-refractivity contribution in [1.29, 1.82) is 0 Å². The molecule has 1 aliphatic carbocycles. The van der Waals surface area contributed by atoms with Crippen LogP contribution in [0.4, 0.5) is 0 Å². The molecule has 17 heavy (non-hydrogen) atoms. The minimum atomic E-state index is -0.808. The van der Waals surface area contributed by atoms with E-state index in [0.717, 1.165) is 6.08 Å². The number of rotatable bonds is 1. The molecular formula is C12H8O5. The number of carbonyl (C=O) groups is 3. The number of methoxy groups -OCH3 is 1. The fourth-order valence-corrected chi connectivity index (χ4v) is 1.60. The number of ether oxygens (including phenoxy) is 1. The molecule has 2 rings (SSSR count). The lowest BCUT2D eigenvalue weighted by atomic mass is 9.92. The molecule has 5 nitrogen and oxygen atoms in total. The number of carbonyl (C=O) groups excluding carboxylic acids is 3. The molecule has 1 aromatic rings. The standard InChI is InChI=1S/C12H8O5/c1-17-12(16)6-2-3-7-8(4-6)11(15)10(14)5-9(7)13/h2-5,13H,1H3. The van der Waals surface area contributed by atoms with Gasteiger partial charge in [0.25, 0.3) is 0 Å². The Morgan fingerprint density at radius 3 is 2.59 bits per heavy atom. The Morgan fingerprint density at radius 1 is 1.24 bits per heavy atom. The number of benzene rings is 1. The van der Waals surface area contributed by atoms with E-state index in [9.17, 15) is 19.5 Å². The fraction of sp³-hybridized carbons (Fsp3) is 0.0833. The molecule has 0 aromatic heterocycles. The van der Waals surface area contributed by atoms with Crippen LogP contribution in [-0.2, 0) is 9.53 Å². The number of aliphatic hydroxyl groups excluding tert-OH is 1.